The maximum absolute atomic E-state index is 8.67. The van der Waals surface area contributed by atoms with Crippen molar-refractivity contribution in [1.82, 2.24) is 4.98 Å². The first-order valence-corrected chi connectivity index (χ1v) is 6.62. The van der Waals surface area contributed by atoms with Gasteiger partial charge in [0.15, 0.2) is 0 Å². The Kier molecular flexibility index (Phi) is 5.62. The Labute approximate surface area is 124 Å². The first kappa shape index (κ1) is 14.9. The summed E-state index contributed by atoms with van der Waals surface area (Å²) in [5.74, 6) is 6.90. The third-order valence-electron chi connectivity index (χ3n) is 2.84. The Morgan fingerprint density at radius 1 is 1.14 bits per heavy atom. The lowest BCUT2D eigenvalue weighted by Gasteiger charge is -2.07. The van der Waals surface area contributed by atoms with E-state index in [4.69, 9.17) is 14.6 Å². The molecule has 0 aliphatic carbocycles. The number of methoxy groups -OCH3 is 1. The topological polar surface area (TPSA) is 51.6 Å². The highest BCUT2D eigenvalue weighted by atomic mass is 16.5. The SMILES string of the molecule is COc1ccc(CCOc2cncc(C#CCO)c2)cc1. The summed E-state index contributed by atoms with van der Waals surface area (Å²) in [6.07, 6.45) is 4.09. The van der Waals surface area contributed by atoms with Crippen LogP contribution in [0.15, 0.2) is 42.7 Å². The van der Waals surface area contributed by atoms with Crippen LogP contribution in [0.3, 0.4) is 0 Å². The Morgan fingerprint density at radius 3 is 2.67 bits per heavy atom. The van der Waals surface area contributed by atoms with Crippen molar-refractivity contribution in [1.29, 1.82) is 0 Å². The molecule has 0 amide bonds. The summed E-state index contributed by atoms with van der Waals surface area (Å²) in [5.41, 5.74) is 1.91. The van der Waals surface area contributed by atoms with Crippen LogP contribution in [0.2, 0.25) is 0 Å². The second kappa shape index (κ2) is 7.93. The Bertz CT molecular complexity index is 626. The molecule has 1 aromatic carbocycles. The fourth-order valence-corrected chi connectivity index (χ4v) is 1.79. The normalized spacial score (nSPS) is 9.62. The molecule has 0 saturated heterocycles. The monoisotopic (exact) mass is 283 g/mol. The highest BCUT2D eigenvalue weighted by Crippen LogP contribution is 2.13. The van der Waals surface area contributed by atoms with Crippen LogP contribution < -0.4 is 9.47 Å². The Balaban J connectivity index is 1.87. The van der Waals surface area contributed by atoms with Crippen molar-refractivity contribution in [3.63, 3.8) is 0 Å². The number of aliphatic hydroxyl groups is 1. The maximum Gasteiger partial charge on any atom is 0.138 e. The maximum atomic E-state index is 8.67. The number of aliphatic hydroxyl groups excluding tert-OH is 1. The molecule has 2 aromatic rings. The lowest BCUT2D eigenvalue weighted by molar-refractivity contribution is 0.320. The zero-order valence-corrected chi connectivity index (χ0v) is 11.9. The van der Waals surface area contributed by atoms with E-state index in [1.165, 1.54) is 5.56 Å². The van der Waals surface area contributed by atoms with E-state index in [0.717, 1.165) is 17.7 Å². The predicted molar refractivity (Wildman–Crippen MR) is 80.4 cm³/mol. The van der Waals surface area contributed by atoms with Crippen LogP contribution >= 0.6 is 0 Å². The second-order valence-electron chi connectivity index (χ2n) is 4.32. The van der Waals surface area contributed by atoms with Gasteiger partial charge in [-0.15, -0.1) is 0 Å². The molecule has 4 heteroatoms. The fraction of sp³-hybridized carbons (Fsp3) is 0.235. The fourth-order valence-electron chi connectivity index (χ4n) is 1.79. The van der Waals surface area contributed by atoms with Gasteiger partial charge >= 0.3 is 0 Å². The van der Waals surface area contributed by atoms with Gasteiger partial charge in [-0.25, -0.2) is 0 Å². The average molecular weight is 283 g/mol. The van der Waals surface area contributed by atoms with E-state index in [9.17, 15) is 0 Å². The molecule has 0 saturated carbocycles. The predicted octanol–water partition coefficient (Wildman–Crippen LogP) is 2.06. The number of hydrogen-bond acceptors (Lipinski definition) is 4. The molecule has 0 bridgehead atoms. The Morgan fingerprint density at radius 2 is 1.95 bits per heavy atom. The van der Waals surface area contributed by atoms with Gasteiger partial charge in [-0.3, -0.25) is 4.98 Å². The van der Waals surface area contributed by atoms with Crippen LogP contribution in [0, 0.1) is 11.8 Å². The molecule has 0 aliphatic rings. The van der Waals surface area contributed by atoms with Crippen LogP contribution in [0.4, 0.5) is 0 Å². The molecule has 21 heavy (non-hydrogen) atoms. The van der Waals surface area contributed by atoms with Gasteiger partial charge < -0.3 is 14.6 Å². The highest BCUT2D eigenvalue weighted by Gasteiger charge is 1.98. The lowest BCUT2D eigenvalue weighted by atomic mass is 10.1. The van der Waals surface area contributed by atoms with Crippen molar-refractivity contribution in [2.75, 3.05) is 20.3 Å². The number of aromatic nitrogens is 1. The summed E-state index contributed by atoms with van der Waals surface area (Å²) in [4.78, 5) is 4.06. The molecule has 0 spiro atoms. The van der Waals surface area contributed by atoms with Crippen molar-refractivity contribution in [2.45, 2.75) is 6.42 Å². The third kappa shape index (κ3) is 4.83. The van der Waals surface area contributed by atoms with Crippen molar-refractivity contribution in [2.24, 2.45) is 0 Å². The van der Waals surface area contributed by atoms with Crippen LogP contribution in [-0.2, 0) is 6.42 Å². The van der Waals surface area contributed by atoms with Crippen molar-refractivity contribution in [3.8, 4) is 23.3 Å². The number of pyridine rings is 1. The second-order valence-corrected chi connectivity index (χ2v) is 4.32. The van der Waals surface area contributed by atoms with E-state index in [0.29, 0.717) is 12.4 Å². The molecule has 0 atom stereocenters. The van der Waals surface area contributed by atoms with E-state index >= 15 is 0 Å². The zero-order valence-electron chi connectivity index (χ0n) is 11.9. The van der Waals surface area contributed by atoms with E-state index in [1.807, 2.05) is 30.3 Å². The van der Waals surface area contributed by atoms with Crippen LogP contribution in [0.25, 0.3) is 0 Å². The minimum absolute atomic E-state index is 0.164. The summed E-state index contributed by atoms with van der Waals surface area (Å²) < 4.78 is 10.8. The smallest absolute Gasteiger partial charge is 0.138 e. The molecule has 0 aliphatic heterocycles. The van der Waals surface area contributed by atoms with Gasteiger partial charge in [-0.05, 0) is 23.8 Å². The largest absolute Gasteiger partial charge is 0.497 e. The quantitative estimate of drug-likeness (QED) is 0.853. The highest BCUT2D eigenvalue weighted by molar-refractivity contribution is 5.36. The molecule has 1 N–H and O–H groups in total. The molecular weight excluding hydrogens is 266 g/mol. The number of nitrogens with zero attached hydrogens (tertiary/aromatic N) is 1. The molecule has 1 heterocycles. The van der Waals surface area contributed by atoms with Gasteiger partial charge in [0.05, 0.1) is 19.9 Å². The van der Waals surface area contributed by atoms with Crippen molar-refractivity contribution >= 4 is 0 Å². The molecule has 4 nitrogen and oxygen atoms in total. The molecular formula is C17H17NO3. The lowest BCUT2D eigenvalue weighted by Crippen LogP contribution is -2.01. The molecule has 2 rings (SSSR count). The van der Waals surface area contributed by atoms with E-state index in [2.05, 4.69) is 16.8 Å². The molecule has 0 radical (unpaired) electrons. The summed E-state index contributed by atoms with van der Waals surface area (Å²) in [5, 5.41) is 8.67. The summed E-state index contributed by atoms with van der Waals surface area (Å²) in [7, 11) is 1.65. The number of benzene rings is 1. The standard InChI is InChI=1S/C17H17NO3/c1-20-16-6-4-14(5-7-16)8-10-21-17-11-15(3-2-9-19)12-18-13-17/h4-7,11-13,19H,8-10H2,1H3. The van der Waals surface area contributed by atoms with Gasteiger partial charge in [0.25, 0.3) is 0 Å². The van der Waals surface area contributed by atoms with Gasteiger partial charge in [-0.2, -0.15) is 0 Å². The van der Waals surface area contributed by atoms with E-state index in [-0.39, 0.29) is 6.61 Å². The molecule has 108 valence electrons. The minimum atomic E-state index is -0.164. The third-order valence-corrected chi connectivity index (χ3v) is 2.84. The number of ether oxygens (including phenoxy) is 2. The number of rotatable bonds is 5. The average Bonchev–Trinajstić information content (AvgIpc) is 2.54. The van der Waals surface area contributed by atoms with Gasteiger partial charge in [0, 0.05) is 18.2 Å². The summed E-state index contributed by atoms with van der Waals surface area (Å²) in [6, 6.07) is 9.71. The van der Waals surface area contributed by atoms with Gasteiger partial charge in [0.2, 0.25) is 0 Å². The number of hydrogen-bond donors (Lipinski definition) is 1. The first-order valence-electron chi connectivity index (χ1n) is 6.62. The van der Waals surface area contributed by atoms with Gasteiger partial charge in [-0.1, -0.05) is 24.0 Å². The minimum Gasteiger partial charge on any atom is -0.497 e. The van der Waals surface area contributed by atoms with Crippen LogP contribution in [0.5, 0.6) is 11.5 Å². The van der Waals surface area contributed by atoms with Crippen LogP contribution in [-0.4, -0.2) is 30.4 Å². The van der Waals surface area contributed by atoms with E-state index in [1.54, 1.807) is 19.5 Å². The molecule has 0 fully saturated rings. The van der Waals surface area contributed by atoms with Crippen molar-refractivity contribution < 1.29 is 14.6 Å². The molecule has 1 aromatic heterocycles. The summed E-state index contributed by atoms with van der Waals surface area (Å²) in [6.45, 7) is 0.396. The molecule has 0 unspecified atom stereocenters. The Hall–Kier alpha value is -2.51. The zero-order chi connectivity index (χ0) is 14.9. The van der Waals surface area contributed by atoms with E-state index < -0.39 is 0 Å². The van der Waals surface area contributed by atoms with Crippen molar-refractivity contribution in [3.05, 3.63) is 53.9 Å². The first-order chi connectivity index (χ1) is 10.3. The summed E-state index contributed by atoms with van der Waals surface area (Å²) >= 11 is 0. The van der Waals surface area contributed by atoms with Gasteiger partial charge in [0.1, 0.15) is 18.1 Å². The van der Waals surface area contributed by atoms with Crippen LogP contribution in [0.1, 0.15) is 11.1 Å².